The average Bonchev–Trinajstić information content (AvgIpc) is 3.39. The summed E-state index contributed by atoms with van der Waals surface area (Å²) >= 11 is 3.00. The Morgan fingerprint density at radius 1 is 1.07 bits per heavy atom. The van der Waals surface area contributed by atoms with E-state index in [9.17, 15) is 13.2 Å². The smallest absolute Gasteiger partial charge is 0.343 e. The van der Waals surface area contributed by atoms with Crippen LogP contribution in [0.15, 0.2) is 53.2 Å². The second kappa shape index (κ2) is 7.68. The van der Waals surface area contributed by atoms with Gasteiger partial charge in [0.2, 0.25) is 0 Å². The molecule has 0 aliphatic carbocycles. The van der Waals surface area contributed by atoms with Crippen molar-refractivity contribution in [1.82, 2.24) is 9.55 Å². The molecule has 4 aromatic rings. The summed E-state index contributed by atoms with van der Waals surface area (Å²) in [5.41, 5.74) is 3.26. The minimum atomic E-state index is -4.42. The fourth-order valence-electron chi connectivity index (χ4n) is 3.27. The lowest BCUT2D eigenvalue weighted by atomic mass is 10.1. The van der Waals surface area contributed by atoms with Crippen LogP contribution in [0.5, 0.6) is 0 Å². The summed E-state index contributed by atoms with van der Waals surface area (Å²) in [6, 6.07) is 11.6. The first-order chi connectivity index (χ1) is 13.8. The maximum Gasteiger partial charge on any atom is 0.418 e. The Morgan fingerprint density at radius 3 is 2.59 bits per heavy atom. The SMILES string of the molecule is Cc1cc(-c2csc(Nc3ccccc3C(F)(F)F)n2)c(C)n1Cc1cccs1. The molecule has 0 saturated carbocycles. The quantitative estimate of drug-likeness (QED) is 0.364. The molecule has 4 rings (SSSR count). The van der Waals surface area contributed by atoms with Gasteiger partial charge in [-0.25, -0.2) is 4.98 Å². The van der Waals surface area contributed by atoms with E-state index in [1.54, 1.807) is 17.4 Å². The Labute approximate surface area is 174 Å². The molecule has 0 aliphatic rings. The Balaban J connectivity index is 1.61. The van der Waals surface area contributed by atoms with E-state index in [0.29, 0.717) is 5.13 Å². The highest BCUT2D eigenvalue weighted by molar-refractivity contribution is 7.14. The molecular formula is C21H18F3N3S2. The highest BCUT2D eigenvalue weighted by atomic mass is 32.1. The summed E-state index contributed by atoms with van der Waals surface area (Å²) in [6.07, 6.45) is -4.42. The van der Waals surface area contributed by atoms with Crippen LogP contribution in [-0.2, 0) is 12.7 Å². The maximum atomic E-state index is 13.2. The number of hydrogen-bond acceptors (Lipinski definition) is 4. The Kier molecular flexibility index (Phi) is 5.23. The van der Waals surface area contributed by atoms with Gasteiger partial charge in [-0.3, -0.25) is 0 Å². The van der Waals surface area contributed by atoms with Crippen LogP contribution in [0.4, 0.5) is 24.0 Å². The van der Waals surface area contributed by atoms with Crippen molar-refractivity contribution in [1.29, 1.82) is 0 Å². The molecule has 3 heterocycles. The molecular weight excluding hydrogens is 415 g/mol. The zero-order valence-corrected chi connectivity index (χ0v) is 17.4. The number of para-hydroxylation sites is 1. The third-order valence-corrected chi connectivity index (χ3v) is 6.34. The second-order valence-corrected chi connectivity index (χ2v) is 8.55. The van der Waals surface area contributed by atoms with Gasteiger partial charge in [0.15, 0.2) is 5.13 Å². The van der Waals surface area contributed by atoms with E-state index in [-0.39, 0.29) is 5.69 Å². The van der Waals surface area contributed by atoms with Crippen LogP contribution < -0.4 is 5.32 Å². The van der Waals surface area contributed by atoms with Gasteiger partial charge in [-0.2, -0.15) is 13.2 Å². The third-order valence-electron chi connectivity index (χ3n) is 4.72. The number of rotatable bonds is 5. The fourth-order valence-corrected chi connectivity index (χ4v) is 4.69. The first-order valence-corrected chi connectivity index (χ1v) is 10.7. The van der Waals surface area contributed by atoms with Crippen molar-refractivity contribution in [3.8, 4) is 11.3 Å². The topological polar surface area (TPSA) is 29.9 Å². The number of aromatic nitrogens is 2. The molecule has 0 aliphatic heterocycles. The lowest BCUT2D eigenvalue weighted by Gasteiger charge is -2.12. The number of nitrogens with zero attached hydrogens (tertiary/aromatic N) is 2. The van der Waals surface area contributed by atoms with Crippen LogP contribution in [0.2, 0.25) is 0 Å². The molecule has 0 radical (unpaired) electrons. The third kappa shape index (κ3) is 4.09. The molecule has 0 atom stereocenters. The molecule has 1 aromatic carbocycles. The van der Waals surface area contributed by atoms with E-state index < -0.39 is 11.7 Å². The predicted molar refractivity (Wildman–Crippen MR) is 113 cm³/mol. The lowest BCUT2D eigenvalue weighted by Crippen LogP contribution is -2.08. The molecule has 0 saturated heterocycles. The first kappa shape index (κ1) is 19.7. The summed E-state index contributed by atoms with van der Waals surface area (Å²) in [4.78, 5) is 5.81. The van der Waals surface area contributed by atoms with Gasteiger partial charge in [-0.1, -0.05) is 18.2 Å². The van der Waals surface area contributed by atoms with Crippen molar-refractivity contribution in [2.45, 2.75) is 26.6 Å². The molecule has 0 amide bonds. The Bertz CT molecular complexity index is 1120. The van der Waals surface area contributed by atoms with Crippen LogP contribution in [0.25, 0.3) is 11.3 Å². The lowest BCUT2D eigenvalue weighted by molar-refractivity contribution is -0.136. The first-order valence-electron chi connectivity index (χ1n) is 8.91. The largest absolute Gasteiger partial charge is 0.418 e. The molecule has 0 fully saturated rings. The van der Waals surface area contributed by atoms with E-state index in [1.807, 2.05) is 18.4 Å². The summed E-state index contributed by atoms with van der Waals surface area (Å²) in [6.45, 7) is 4.89. The van der Waals surface area contributed by atoms with E-state index in [1.165, 1.54) is 28.3 Å². The van der Waals surface area contributed by atoms with Crippen LogP contribution in [0.1, 0.15) is 21.8 Å². The molecule has 0 unspecified atom stereocenters. The summed E-state index contributed by atoms with van der Waals surface area (Å²) in [5, 5.41) is 7.19. The molecule has 8 heteroatoms. The van der Waals surface area contributed by atoms with Gasteiger partial charge < -0.3 is 9.88 Å². The van der Waals surface area contributed by atoms with Gasteiger partial charge >= 0.3 is 6.18 Å². The fraction of sp³-hybridized carbons (Fsp3) is 0.190. The number of alkyl halides is 3. The average molecular weight is 434 g/mol. The van der Waals surface area contributed by atoms with Crippen molar-refractivity contribution in [3.05, 3.63) is 75.1 Å². The van der Waals surface area contributed by atoms with Crippen LogP contribution in [0, 0.1) is 13.8 Å². The van der Waals surface area contributed by atoms with E-state index >= 15 is 0 Å². The number of halogens is 3. The van der Waals surface area contributed by atoms with Gasteiger partial charge in [-0.05, 0) is 43.5 Å². The molecule has 3 aromatic heterocycles. The minimum Gasteiger partial charge on any atom is -0.343 e. The highest BCUT2D eigenvalue weighted by Crippen LogP contribution is 2.37. The van der Waals surface area contributed by atoms with Crippen molar-refractivity contribution in [2.75, 3.05) is 5.32 Å². The number of thiophene rings is 1. The van der Waals surface area contributed by atoms with E-state index in [2.05, 4.69) is 39.3 Å². The number of nitrogens with one attached hydrogen (secondary N) is 1. The number of anilines is 2. The minimum absolute atomic E-state index is 0.00377. The number of aryl methyl sites for hydroxylation is 1. The highest BCUT2D eigenvalue weighted by Gasteiger charge is 2.33. The van der Waals surface area contributed by atoms with Crippen molar-refractivity contribution < 1.29 is 13.2 Å². The van der Waals surface area contributed by atoms with Gasteiger partial charge in [0.1, 0.15) is 0 Å². The van der Waals surface area contributed by atoms with Crippen molar-refractivity contribution in [3.63, 3.8) is 0 Å². The van der Waals surface area contributed by atoms with Gasteiger partial charge in [0.05, 0.1) is 23.5 Å². The molecule has 1 N–H and O–H groups in total. The number of hydrogen-bond donors (Lipinski definition) is 1. The normalized spacial score (nSPS) is 11.8. The Morgan fingerprint density at radius 2 is 1.86 bits per heavy atom. The molecule has 29 heavy (non-hydrogen) atoms. The van der Waals surface area contributed by atoms with Crippen molar-refractivity contribution >= 4 is 33.5 Å². The molecule has 0 bridgehead atoms. The van der Waals surface area contributed by atoms with Gasteiger partial charge in [-0.15, -0.1) is 22.7 Å². The van der Waals surface area contributed by atoms with Crippen LogP contribution in [-0.4, -0.2) is 9.55 Å². The summed E-state index contributed by atoms with van der Waals surface area (Å²) in [5.74, 6) is 0. The standard InChI is InChI=1S/C21H18F3N3S2/c1-13-10-16(14(2)27(13)11-15-6-5-9-28-15)19-12-29-20(26-19)25-18-8-4-3-7-17(18)21(22,23)24/h3-10,12H,11H2,1-2H3,(H,25,26). The predicted octanol–water partition coefficient (Wildman–Crippen LogP) is 7.10. The number of benzene rings is 1. The Hall–Kier alpha value is -2.58. The van der Waals surface area contributed by atoms with Crippen molar-refractivity contribution in [2.24, 2.45) is 0 Å². The molecule has 150 valence electrons. The maximum absolute atomic E-state index is 13.2. The van der Waals surface area contributed by atoms with Gasteiger partial charge in [0.25, 0.3) is 0 Å². The monoisotopic (exact) mass is 433 g/mol. The second-order valence-electron chi connectivity index (χ2n) is 6.66. The zero-order valence-electron chi connectivity index (χ0n) is 15.7. The van der Waals surface area contributed by atoms with Crippen LogP contribution >= 0.6 is 22.7 Å². The van der Waals surface area contributed by atoms with Crippen LogP contribution in [0.3, 0.4) is 0 Å². The zero-order chi connectivity index (χ0) is 20.6. The van der Waals surface area contributed by atoms with E-state index in [0.717, 1.165) is 35.3 Å². The van der Waals surface area contributed by atoms with Gasteiger partial charge in [0, 0.05) is 27.2 Å². The molecule has 3 nitrogen and oxygen atoms in total. The number of thiazole rings is 1. The molecule has 0 spiro atoms. The van der Waals surface area contributed by atoms with E-state index in [4.69, 9.17) is 0 Å². The summed E-state index contributed by atoms with van der Waals surface area (Å²) < 4.78 is 41.9. The summed E-state index contributed by atoms with van der Waals surface area (Å²) in [7, 11) is 0.